The second-order valence-corrected chi connectivity index (χ2v) is 4.79. The van der Waals surface area contributed by atoms with Crippen molar-refractivity contribution in [2.75, 3.05) is 25.0 Å². The topological polar surface area (TPSA) is 36.4 Å². The number of amides is 1. The monoisotopic (exact) mass is 247 g/mol. The largest absolute Gasteiger partial charge is 0.360 e. The van der Waals surface area contributed by atoms with Crippen molar-refractivity contribution in [1.29, 1.82) is 0 Å². The Bertz CT molecular complexity index is 408. The van der Waals surface area contributed by atoms with E-state index in [1.54, 1.807) is 0 Å². The molecular weight excluding hydrogens is 226 g/mol. The molecule has 98 valence electrons. The van der Waals surface area contributed by atoms with Crippen molar-refractivity contribution in [1.82, 2.24) is 9.88 Å². The number of carbonyl (C=O) groups is 1. The van der Waals surface area contributed by atoms with E-state index in [2.05, 4.69) is 22.9 Å². The fourth-order valence-corrected chi connectivity index (χ4v) is 2.55. The van der Waals surface area contributed by atoms with E-state index < -0.39 is 0 Å². The fourth-order valence-electron chi connectivity index (χ4n) is 2.55. The van der Waals surface area contributed by atoms with Crippen LogP contribution in [0.4, 0.5) is 5.82 Å². The summed E-state index contributed by atoms with van der Waals surface area (Å²) in [7, 11) is 2.04. The van der Waals surface area contributed by atoms with Crippen LogP contribution < -0.4 is 4.90 Å². The van der Waals surface area contributed by atoms with Gasteiger partial charge in [-0.05, 0) is 32.3 Å². The number of hydrogen-bond acceptors (Lipinski definition) is 3. The first kappa shape index (κ1) is 12.9. The Labute approximate surface area is 109 Å². The van der Waals surface area contributed by atoms with Gasteiger partial charge >= 0.3 is 0 Å². The third kappa shape index (κ3) is 2.47. The Morgan fingerprint density at radius 3 is 3.11 bits per heavy atom. The van der Waals surface area contributed by atoms with Gasteiger partial charge in [-0.1, -0.05) is 6.07 Å². The zero-order valence-corrected chi connectivity index (χ0v) is 11.2. The molecule has 18 heavy (non-hydrogen) atoms. The number of hydrogen-bond donors (Lipinski definition) is 0. The predicted molar refractivity (Wildman–Crippen MR) is 72.5 cm³/mol. The third-order valence-electron chi connectivity index (χ3n) is 3.69. The first-order valence-electron chi connectivity index (χ1n) is 6.65. The molecule has 4 nitrogen and oxygen atoms in total. The summed E-state index contributed by atoms with van der Waals surface area (Å²) in [4.78, 5) is 19.7. The number of likely N-dealkylation sites (tertiary alicyclic amines) is 1. The van der Waals surface area contributed by atoms with Crippen LogP contribution in [0.5, 0.6) is 0 Å². The van der Waals surface area contributed by atoms with E-state index in [9.17, 15) is 4.79 Å². The number of piperidine rings is 1. The molecule has 1 amide bonds. The maximum atomic E-state index is 11.2. The minimum absolute atomic E-state index is 0.189. The summed E-state index contributed by atoms with van der Waals surface area (Å²) in [5.74, 6) is 0.999. The summed E-state index contributed by atoms with van der Waals surface area (Å²) in [6.45, 7) is 3.88. The number of carbonyl (C=O) groups excluding carboxylic acids is 1. The Morgan fingerprint density at radius 2 is 2.39 bits per heavy atom. The zero-order chi connectivity index (χ0) is 13.0. The Hall–Kier alpha value is -1.58. The molecule has 1 saturated heterocycles. The molecule has 0 bridgehead atoms. The summed E-state index contributed by atoms with van der Waals surface area (Å²) >= 11 is 0. The minimum Gasteiger partial charge on any atom is -0.360 e. The van der Waals surface area contributed by atoms with Crippen molar-refractivity contribution in [3.05, 3.63) is 23.9 Å². The van der Waals surface area contributed by atoms with Gasteiger partial charge < -0.3 is 9.80 Å². The predicted octanol–water partition coefficient (Wildman–Crippen LogP) is 2.22. The van der Waals surface area contributed by atoms with E-state index in [-0.39, 0.29) is 6.04 Å². The Kier molecular flexibility index (Phi) is 4.18. The number of nitrogens with zero attached hydrogens (tertiary/aromatic N) is 3. The lowest BCUT2D eigenvalue weighted by molar-refractivity contribution is -0.121. The van der Waals surface area contributed by atoms with Gasteiger partial charge in [0, 0.05) is 31.9 Å². The lowest BCUT2D eigenvalue weighted by Crippen LogP contribution is -2.33. The van der Waals surface area contributed by atoms with Crippen LogP contribution >= 0.6 is 0 Å². The van der Waals surface area contributed by atoms with E-state index in [0.717, 1.165) is 38.2 Å². The summed E-state index contributed by atoms with van der Waals surface area (Å²) < 4.78 is 0. The van der Waals surface area contributed by atoms with E-state index in [0.29, 0.717) is 0 Å². The standard InChI is InChI=1S/C14H21N3O/c1-3-16(2)14-12(7-6-9-15-14)13-8-4-5-10-17(13)11-18/h6-7,9,11,13H,3-5,8,10H2,1-2H3/t13-/m1/s1. The molecule has 2 heterocycles. The highest BCUT2D eigenvalue weighted by Crippen LogP contribution is 2.34. The van der Waals surface area contributed by atoms with E-state index in [1.807, 2.05) is 24.2 Å². The molecule has 0 aliphatic carbocycles. The van der Waals surface area contributed by atoms with Crippen molar-refractivity contribution in [3.63, 3.8) is 0 Å². The van der Waals surface area contributed by atoms with Gasteiger partial charge in [-0.25, -0.2) is 4.98 Å². The molecule has 2 rings (SSSR count). The lowest BCUT2D eigenvalue weighted by Gasteiger charge is -2.34. The van der Waals surface area contributed by atoms with Gasteiger partial charge in [-0.15, -0.1) is 0 Å². The van der Waals surface area contributed by atoms with Gasteiger partial charge in [0.2, 0.25) is 6.41 Å². The molecule has 1 aliphatic rings. The lowest BCUT2D eigenvalue weighted by atomic mass is 9.96. The van der Waals surface area contributed by atoms with Crippen molar-refractivity contribution < 1.29 is 4.79 Å². The average Bonchev–Trinajstić information content (AvgIpc) is 2.46. The van der Waals surface area contributed by atoms with Crippen molar-refractivity contribution in [2.24, 2.45) is 0 Å². The van der Waals surface area contributed by atoms with Crippen LogP contribution in [0.1, 0.15) is 37.8 Å². The minimum atomic E-state index is 0.189. The summed E-state index contributed by atoms with van der Waals surface area (Å²) in [5, 5.41) is 0. The van der Waals surface area contributed by atoms with Gasteiger partial charge in [-0.2, -0.15) is 0 Å². The van der Waals surface area contributed by atoms with Crippen LogP contribution in [0.25, 0.3) is 0 Å². The van der Waals surface area contributed by atoms with Gasteiger partial charge in [0.1, 0.15) is 5.82 Å². The van der Waals surface area contributed by atoms with Crippen LogP contribution in [0.2, 0.25) is 0 Å². The van der Waals surface area contributed by atoms with E-state index >= 15 is 0 Å². The Balaban J connectivity index is 2.33. The molecule has 0 spiro atoms. The highest BCUT2D eigenvalue weighted by Gasteiger charge is 2.25. The van der Waals surface area contributed by atoms with Gasteiger partial charge in [0.15, 0.2) is 0 Å². The van der Waals surface area contributed by atoms with Crippen LogP contribution in [-0.4, -0.2) is 36.4 Å². The van der Waals surface area contributed by atoms with Gasteiger partial charge in [0.05, 0.1) is 6.04 Å². The van der Waals surface area contributed by atoms with Crippen LogP contribution in [0, 0.1) is 0 Å². The second-order valence-electron chi connectivity index (χ2n) is 4.79. The molecule has 0 N–H and O–H groups in total. The molecule has 0 radical (unpaired) electrons. The van der Waals surface area contributed by atoms with Gasteiger partial charge in [-0.3, -0.25) is 4.79 Å². The molecule has 0 saturated carbocycles. The van der Waals surface area contributed by atoms with E-state index in [1.165, 1.54) is 12.0 Å². The van der Waals surface area contributed by atoms with Crippen LogP contribution in [0.3, 0.4) is 0 Å². The quantitative estimate of drug-likeness (QED) is 0.765. The molecule has 0 unspecified atom stereocenters. The first-order valence-corrected chi connectivity index (χ1v) is 6.65. The second kappa shape index (κ2) is 5.85. The fraction of sp³-hybridized carbons (Fsp3) is 0.571. The normalized spacial score (nSPS) is 19.7. The smallest absolute Gasteiger partial charge is 0.210 e. The molecule has 0 aromatic carbocycles. The molecule has 1 atom stereocenters. The molecule has 1 fully saturated rings. The first-order chi connectivity index (χ1) is 8.77. The number of rotatable bonds is 4. The number of pyridine rings is 1. The molecule has 1 aromatic heterocycles. The maximum absolute atomic E-state index is 11.2. The SMILES string of the molecule is CCN(C)c1ncccc1[C@H]1CCCCN1C=O. The summed E-state index contributed by atoms with van der Waals surface area (Å²) in [6, 6.07) is 4.25. The zero-order valence-electron chi connectivity index (χ0n) is 11.2. The highest BCUT2D eigenvalue weighted by molar-refractivity contribution is 5.53. The highest BCUT2D eigenvalue weighted by atomic mass is 16.1. The maximum Gasteiger partial charge on any atom is 0.210 e. The third-order valence-corrected chi connectivity index (χ3v) is 3.69. The molecule has 4 heteroatoms. The van der Waals surface area contributed by atoms with Crippen LogP contribution in [-0.2, 0) is 4.79 Å². The van der Waals surface area contributed by atoms with Crippen molar-refractivity contribution >= 4 is 12.2 Å². The Morgan fingerprint density at radius 1 is 1.56 bits per heavy atom. The molecule has 1 aliphatic heterocycles. The number of aromatic nitrogens is 1. The number of anilines is 1. The van der Waals surface area contributed by atoms with E-state index in [4.69, 9.17) is 0 Å². The summed E-state index contributed by atoms with van der Waals surface area (Å²) in [6.07, 6.45) is 6.12. The van der Waals surface area contributed by atoms with Gasteiger partial charge in [0.25, 0.3) is 0 Å². The molecular formula is C14H21N3O. The summed E-state index contributed by atoms with van der Waals surface area (Å²) in [5.41, 5.74) is 1.17. The van der Waals surface area contributed by atoms with Crippen molar-refractivity contribution in [3.8, 4) is 0 Å². The average molecular weight is 247 g/mol. The molecule has 1 aromatic rings. The van der Waals surface area contributed by atoms with Crippen molar-refractivity contribution in [2.45, 2.75) is 32.2 Å². The van der Waals surface area contributed by atoms with Crippen LogP contribution in [0.15, 0.2) is 18.3 Å².